The van der Waals surface area contributed by atoms with E-state index >= 15 is 0 Å². The maximum absolute atomic E-state index is 6.05. The number of rotatable bonds is 23. The molecule has 1 atom stereocenters. The monoisotopic (exact) mass is 508 g/mol. The Bertz CT molecular complexity index is 765. The Morgan fingerprint density at radius 1 is 0.486 bits per heavy atom. The highest BCUT2D eigenvalue weighted by Crippen LogP contribution is 2.25. The van der Waals surface area contributed by atoms with Gasteiger partial charge in [-0.15, -0.1) is 0 Å². The molecule has 2 heteroatoms. The van der Waals surface area contributed by atoms with Gasteiger partial charge >= 0.3 is 0 Å². The van der Waals surface area contributed by atoms with E-state index < -0.39 is 0 Å². The fourth-order valence-corrected chi connectivity index (χ4v) is 4.89. The molecule has 0 aliphatic heterocycles. The Labute approximate surface area is 229 Å². The summed E-state index contributed by atoms with van der Waals surface area (Å²) in [7, 11) is 0. The molecule has 0 bridgehead atoms. The Kier molecular flexibility index (Phi) is 18.0. The Balaban J connectivity index is 1.55. The van der Waals surface area contributed by atoms with Crippen molar-refractivity contribution < 1.29 is 9.47 Å². The third-order valence-electron chi connectivity index (χ3n) is 7.45. The molecule has 1 unspecified atom stereocenters. The molecule has 2 nitrogen and oxygen atoms in total. The minimum Gasteiger partial charge on any atom is -0.494 e. The van der Waals surface area contributed by atoms with Crippen LogP contribution in [-0.4, -0.2) is 13.2 Å². The van der Waals surface area contributed by atoms with Crippen molar-refractivity contribution in [1.82, 2.24) is 0 Å². The number of unbranched alkanes of at least 4 members (excludes halogenated alkanes) is 15. The van der Waals surface area contributed by atoms with Crippen LogP contribution in [0.5, 0.6) is 5.75 Å². The Morgan fingerprint density at radius 2 is 0.892 bits per heavy atom. The second-order valence-electron chi connectivity index (χ2n) is 10.8. The van der Waals surface area contributed by atoms with Crippen LogP contribution in [0, 0.1) is 0 Å². The lowest BCUT2D eigenvalue weighted by Crippen LogP contribution is -2.01. The lowest BCUT2D eigenvalue weighted by atomic mass is 10.0. The van der Waals surface area contributed by atoms with Gasteiger partial charge in [-0.2, -0.15) is 0 Å². The van der Waals surface area contributed by atoms with Gasteiger partial charge in [0.05, 0.1) is 12.7 Å². The van der Waals surface area contributed by atoms with E-state index in [2.05, 4.69) is 69.3 Å². The molecule has 2 aromatic carbocycles. The molecule has 0 spiro atoms. The van der Waals surface area contributed by atoms with E-state index in [1.807, 2.05) is 0 Å². The van der Waals surface area contributed by atoms with Crippen LogP contribution >= 0.6 is 0 Å². The number of hydrogen-bond donors (Lipinski definition) is 0. The normalized spacial score (nSPS) is 12.1. The zero-order valence-corrected chi connectivity index (χ0v) is 24.4. The predicted octanol–water partition coefficient (Wildman–Crippen LogP) is 11.5. The second kappa shape index (κ2) is 21.2. The van der Waals surface area contributed by atoms with Gasteiger partial charge in [0.25, 0.3) is 0 Å². The molecular weight excluding hydrogens is 452 g/mol. The van der Waals surface area contributed by atoms with Crippen LogP contribution in [0.15, 0.2) is 48.5 Å². The molecule has 0 aromatic heterocycles. The van der Waals surface area contributed by atoms with E-state index in [9.17, 15) is 0 Å². The Hall–Kier alpha value is -1.80. The van der Waals surface area contributed by atoms with E-state index in [1.165, 1.54) is 113 Å². The maximum atomic E-state index is 6.05. The molecule has 0 saturated carbocycles. The summed E-state index contributed by atoms with van der Waals surface area (Å²) in [5.41, 5.74) is 3.72. The fourth-order valence-electron chi connectivity index (χ4n) is 4.89. The summed E-state index contributed by atoms with van der Waals surface area (Å²) in [4.78, 5) is 0. The average Bonchev–Trinajstić information content (AvgIpc) is 2.93. The molecule has 37 heavy (non-hydrogen) atoms. The SMILES string of the molecule is CCCCCCCCCCCCCCOc1ccc(-c2ccc(C(C)OCCCCCCC)cc2)cc1. The smallest absolute Gasteiger partial charge is 0.119 e. The van der Waals surface area contributed by atoms with E-state index in [-0.39, 0.29) is 6.10 Å². The van der Waals surface area contributed by atoms with Crippen LogP contribution in [-0.2, 0) is 4.74 Å². The minimum absolute atomic E-state index is 0.149. The van der Waals surface area contributed by atoms with Gasteiger partial charge in [-0.3, -0.25) is 0 Å². The van der Waals surface area contributed by atoms with E-state index in [4.69, 9.17) is 9.47 Å². The summed E-state index contributed by atoms with van der Waals surface area (Å²) in [5, 5.41) is 0. The summed E-state index contributed by atoms with van der Waals surface area (Å²) in [5.74, 6) is 0.976. The van der Waals surface area contributed by atoms with Crippen molar-refractivity contribution in [3.05, 3.63) is 54.1 Å². The first-order chi connectivity index (χ1) is 18.2. The van der Waals surface area contributed by atoms with Crippen molar-refractivity contribution in [3.63, 3.8) is 0 Å². The summed E-state index contributed by atoms with van der Waals surface area (Å²) >= 11 is 0. The molecular formula is C35H56O2. The molecule has 0 amide bonds. The summed E-state index contributed by atoms with van der Waals surface area (Å²) in [6.45, 7) is 8.38. The van der Waals surface area contributed by atoms with Crippen molar-refractivity contribution in [3.8, 4) is 16.9 Å². The van der Waals surface area contributed by atoms with Crippen molar-refractivity contribution in [1.29, 1.82) is 0 Å². The zero-order valence-electron chi connectivity index (χ0n) is 24.4. The van der Waals surface area contributed by atoms with Crippen molar-refractivity contribution in [2.24, 2.45) is 0 Å². The van der Waals surface area contributed by atoms with Gasteiger partial charge in [0.2, 0.25) is 0 Å². The molecule has 0 N–H and O–H groups in total. The van der Waals surface area contributed by atoms with Crippen molar-refractivity contribution in [2.75, 3.05) is 13.2 Å². The Morgan fingerprint density at radius 3 is 1.38 bits per heavy atom. The predicted molar refractivity (Wildman–Crippen MR) is 162 cm³/mol. The second-order valence-corrected chi connectivity index (χ2v) is 10.8. The van der Waals surface area contributed by atoms with Crippen LogP contribution in [0.4, 0.5) is 0 Å². The molecule has 0 heterocycles. The summed E-state index contributed by atoms with van der Waals surface area (Å²) in [6, 6.07) is 17.4. The number of benzene rings is 2. The lowest BCUT2D eigenvalue weighted by Gasteiger charge is -2.14. The van der Waals surface area contributed by atoms with Gasteiger partial charge in [0.15, 0.2) is 0 Å². The van der Waals surface area contributed by atoms with Gasteiger partial charge in [0.1, 0.15) is 5.75 Å². The zero-order chi connectivity index (χ0) is 26.4. The minimum atomic E-state index is 0.149. The topological polar surface area (TPSA) is 18.5 Å². The van der Waals surface area contributed by atoms with Gasteiger partial charge < -0.3 is 9.47 Å². The molecule has 0 radical (unpaired) electrons. The van der Waals surface area contributed by atoms with Crippen molar-refractivity contribution >= 4 is 0 Å². The quantitative estimate of drug-likeness (QED) is 0.139. The molecule has 208 valence electrons. The molecule has 0 aliphatic rings. The van der Waals surface area contributed by atoms with E-state index in [1.54, 1.807) is 0 Å². The standard InChI is InChI=1S/C35H56O2/c1-4-6-8-10-11-12-13-14-15-16-18-20-30-37-35-27-25-34(26-28-35)33-23-21-32(22-24-33)31(3)36-29-19-17-9-7-5-2/h21-28,31H,4-20,29-30H2,1-3H3. The maximum Gasteiger partial charge on any atom is 0.119 e. The third-order valence-corrected chi connectivity index (χ3v) is 7.45. The summed E-state index contributed by atoms with van der Waals surface area (Å²) in [6.07, 6.45) is 23.0. The van der Waals surface area contributed by atoms with E-state index in [0.29, 0.717) is 0 Å². The highest BCUT2D eigenvalue weighted by Gasteiger charge is 2.07. The van der Waals surface area contributed by atoms with Crippen LogP contribution in [0.1, 0.15) is 142 Å². The first-order valence-electron chi connectivity index (χ1n) is 15.7. The highest BCUT2D eigenvalue weighted by molar-refractivity contribution is 5.64. The van der Waals surface area contributed by atoms with E-state index in [0.717, 1.165) is 31.8 Å². The molecule has 2 aromatic rings. The lowest BCUT2D eigenvalue weighted by molar-refractivity contribution is 0.0627. The number of ether oxygens (including phenoxy) is 2. The molecule has 0 aliphatic carbocycles. The molecule has 0 saturated heterocycles. The first-order valence-corrected chi connectivity index (χ1v) is 15.7. The first kappa shape index (κ1) is 31.4. The van der Waals surface area contributed by atoms with Crippen LogP contribution in [0.25, 0.3) is 11.1 Å². The van der Waals surface area contributed by atoms with Gasteiger partial charge in [-0.05, 0) is 48.6 Å². The number of hydrogen-bond acceptors (Lipinski definition) is 2. The van der Waals surface area contributed by atoms with Crippen molar-refractivity contribution in [2.45, 2.75) is 136 Å². The highest BCUT2D eigenvalue weighted by atomic mass is 16.5. The van der Waals surface area contributed by atoms with Crippen LogP contribution in [0.3, 0.4) is 0 Å². The molecule has 2 rings (SSSR count). The van der Waals surface area contributed by atoms with Crippen LogP contribution in [0.2, 0.25) is 0 Å². The fraction of sp³-hybridized carbons (Fsp3) is 0.657. The van der Waals surface area contributed by atoms with Gasteiger partial charge in [-0.1, -0.05) is 147 Å². The van der Waals surface area contributed by atoms with Gasteiger partial charge in [-0.25, -0.2) is 0 Å². The average molecular weight is 509 g/mol. The van der Waals surface area contributed by atoms with Gasteiger partial charge in [0, 0.05) is 6.61 Å². The molecule has 0 fully saturated rings. The summed E-state index contributed by atoms with van der Waals surface area (Å²) < 4.78 is 12.0. The third kappa shape index (κ3) is 14.6. The van der Waals surface area contributed by atoms with Crippen LogP contribution < -0.4 is 4.74 Å². The largest absolute Gasteiger partial charge is 0.494 e.